The molecule has 5 aliphatic rings. The van der Waals surface area contributed by atoms with Crippen LogP contribution < -0.4 is 16.4 Å². The van der Waals surface area contributed by atoms with Crippen molar-refractivity contribution in [3.8, 4) is 0 Å². The predicted octanol–water partition coefficient (Wildman–Crippen LogP) is 6.25. The van der Waals surface area contributed by atoms with Crippen LogP contribution >= 0.6 is 0 Å². The molecule has 4 aromatic rings. The molecule has 0 amide bonds. The monoisotopic (exact) mass is 490 g/mol. The van der Waals surface area contributed by atoms with Gasteiger partial charge in [0.05, 0.1) is 0 Å². The molecule has 9 rings (SSSR count). The Morgan fingerprint density at radius 3 is 1.16 bits per heavy atom. The zero-order valence-corrected chi connectivity index (χ0v) is 23.9. The fourth-order valence-corrected chi connectivity index (χ4v) is 10.1. The Balaban J connectivity index is 1.58. The number of hydrogen-bond acceptors (Lipinski definition) is 0. The van der Waals surface area contributed by atoms with E-state index < -0.39 is 0 Å². The summed E-state index contributed by atoms with van der Waals surface area (Å²) in [6.45, 7) is 20.1. The molecule has 0 saturated carbocycles. The van der Waals surface area contributed by atoms with Gasteiger partial charge in [-0.3, -0.25) is 0 Å². The smallest absolute Gasteiger partial charge is 0.0617 e. The lowest BCUT2D eigenvalue weighted by Gasteiger charge is -2.56. The maximum atomic E-state index is 2.52. The summed E-state index contributed by atoms with van der Waals surface area (Å²) in [5.74, 6) is 0.340. The molecule has 0 bridgehead atoms. The van der Waals surface area contributed by atoms with E-state index in [9.17, 15) is 0 Å². The van der Waals surface area contributed by atoms with Crippen molar-refractivity contribution in [3.63, 3.8) is 0 Å². The number of hydrogen-bond donors (Lipinski definition) is 0. The standard InChI is InChI=1S/C37H35B/c1-34(2)19-11-9-12-20-27(19)30-28-21(34)15-17-25-32(28)38-31-23(36(25,5)6)13-10-14-24(31)37(7,8)26-18-16-22(35(20,3)4)29(30)33(26)38/h9-18,30H,1-8H3. The van der Waals surface area contributed by atoms with Crippen molar-refractivity contribution in [2.75, 3.05) is 0 Å². The molecule has 0 nitrogen and oxygen atoms in total. The molecule has 4 aromatic carbocycles. The van der Waals surface area contributed by atoms with Crippen molar-refractivity contribution in [1.29, 1.82) is 0 Å². The van der Waals surface area contributed by atoms with Crippen molar-refractivity contribution in [2.45, 2.75) is 83.0 Å². The summed E-state index contributed by atoms with van der Waals surface area (Å²) < 4.78 is 0. The van der Waals surface area contributed by atoms with Gasteiger partial charge in [0.2, 0.25) is 6.71 Å². The molecule has 3 aliphatic heterocycles. The lowest BCUT2D eigenvalue weighted by atomic mass is 9.23. The van der Waals surface area contributed by atoms with Gasteiger partial charge in [-0.25, -0.2) is 0 Å². The first-order chi connectivity index (χ1) is 17.9. The topological polar surface area (TPSA) is 0 Å². The SMILES string of the molecule is CC1(C)c2cccc3c2B2c4c1ccc1c4C4c5c(cccc5C(C)(C)c5ccc(c2c54)C3(C)C)C1(C)C. The highest BCUT2D eigenvalue weighted by molar-refractivity contribution is 6.98. The van der Waals surface area contributed by atoms with E-state index >= 15 is 0 Å². The first-order valence-corrected chi connectivity index (χ1v) is 14.5. The van der Waals surface area contributed by atoms with Gasteiger partial charge >= 0.3 is 0 Å². The van der Waals surface area contributed by atoms with Crippen LogP contribution in [0.2, 0.25) is 0 Å². The minimum Gasteiger partial charge on any atom is -0.0617 e. The Morgan fingerprint density at radius 2 is 0.711 bits per heavy atom. The highest BCUT2D eigenvalue weighted by atomic mass is 14.5. The minimum atomic E-state index is -0.0211. The summed E-state index contributed by atoms with van der Waals surface area (Å²) in [7, 11) is 0. The highest BCUT2D eigenvalue weighted by Crippen LogP contribution is 2.59. The van der Waals surface area contributed by atoms with Crippen molar-refractivity contribution < 1.29 is 0 Å². The fourth-order valence-electron chi connectivity index (χ4n) is 10.1. The minimum absolute atomic E-state index is 0.0211. The third-order valence-electron chi connectivity index (χ3n) is 11.9. The Kier molecular flexibility index (Phi) is 3.40. The van der Waals surface area contributed by atoms with Gasteiger partial charge in [0.15, 0.2) is 0 Å². The van der Waals surface area contributed by atoms with Crippen molar-refractivity contribution in [3.05, 3.63) is 122 Å². The van der Waals surface area contributed by atoms with Crippen LogP contribution in [0.25, 0.3) is 0 Å². The lowest BCUT2D eigenvalue weighted by molar-refractivity contribution is 0.542. The fraction of sp³-hybridized carbons (Fsp3) is 0.351. The molecule has 0 radical (unpaired) electrons. The quantitative estimate of drug-likeness (QED) is 0.225. The maximum absolute atomic E-state index is 2.52. The largest absolute Gasteiger partial charge is 0.243 e. The second-order valence-corrected chi connectivity index (χ2v) is 14.9. The maximum Gasteiger partial charge on any atom is 0.243 e. The van der Waals surface area contributed by atoms with Crippen molar-refractivity contribution in [1.82, 2.24) is 0 Å². The summed E-state index contributed by atoms with van der Waals surface area (Å²) in [5.41, 5.74) is 22.1. The van der Waals surface area contributed by atoms with Gasteiger partial charge < -0.3 is 0 Å². The zero-order chi connectivity index (χ0) is 26.3. The van der Waals surface area contributed by atoms with Gasteiger partial charge in [-0.1, -0.05) is 132 Å². The summed E-state index contributed by atoms with van der Waals surface area (Å²) in [6.07, 6.45) is 0. The molecule has 0 aromatic heterocycles. The first kappa shape index (κ1) is 21.8. The van der Waals surface area contributed by atoms with E-state index in [2.05, 4.69) is 116 Å². The second kappa shape index (κ2) is 5.91. The Hall–Kier alpha value is -3.06. The highest BCUT2D eigenvalue weighted by Gasteiger charge is 2.58. The molecule has 0 unspecified atom stereocenters. The zero-order valence-electron chi connectivity index (χ0n) is 23.9. The van der Waals surface area contributed by atoms with Crippen molar-refractivity contribution >= 4 is 23.1 Å². The van der Waals surface area contributed by atoms with Gasteiger partial charge in [-0.05, 0) is 61.2 Å². The molecule has 2 aliphatic carbocycles. The average molecular weight is 490 g/mol. The van der Waals surface area contributed by atoms with Crippen LogP contribution in [0, 0.1) is 0 Å². The molecule has 0 spiro atoms. The van der Waals surface area contributed by atoms with E-state index in [0.717, 1.165) is 0 Å². The third kappa shape index (κ3) is 1.96. The number of benzene rings is 4. The summed E-state index contributed by atoms with van der Waals surface area (Å²) in [6, 6.07) is 24.5. The van der Waals surface area contributed by atoms with E-state index in [-0.39, 0.29) is 21.7 Å². The van der Waals surface area contributed by atoms with E-state index in [1.807, 2.05) is 0 Å². The first-order valence-electron chi connectivity index (χ1n) is 14.5. The molecular weight excluding hydrogens is 455 g/mol. The van der Waals surface area contributed by atoms with Crippen molar-refractivity contribution in [2.24, 2.45) is 0 Å². The van der Waals surface area contributed by atoms with Gasteiger partial charge in [-0.15, -0.1) is 0 Å². The Morgan fingerprint density at radius 1 is 0.395 bits per heavy atom. The van der Waals surface area contributed by atoms with Crippen LogP contribution in [-0.4, -0.2) is 6.71 Å². The summed E-state index contributed by atoms with van der Waals surface area (Å²) in [5, 5.41) is 0. The van der Waals surface area contributed by atoms with Crippen LogP contribution in [0.1, 0.15) is 123 Å². The molecular formula is C37H35B. The van der Waals surface area contributed by atoms with Crippen LogP contribution in [0.3, 0.4) is 0 Å². The van der Waals surface area contributed by atoms with Crippen LogP contribution in [0.4, 0.5) is 0 Å². The Bertz CT molecular complexity index is 1570. The summed E-state index contributed by atoms with van der Waals surface area (Å²) >= 11 is 0. The van der Waals surface area contributed by atoms with Crippen LogP contribution in [0.5, 0.6) is 0 Å². The van der Waals surface area contributed by atoms with E-state index in [1.54, 1.807) is 55.3 Å². The average Bonchev–Trinajstić information content (AvgIpc) is 2.87. The third-order valence-corrected chi connectivity index (χ3v) is 11.9. The van der Waals surface area contributed by atoms with Gasteiger partial charge in [-0.2, -0.15) is 0 Å². The molecule has 3 heterocycles. The van der Waals surface area contributed by atoms with Crippen LogP contribution in [0.15, 0.2) is 60.7 Å². The van der Waals surface area contributed by atoms with E-state index in [0.29, 0.717) is 12.6 Å². The molecule has 1 heteroatoms. The predicted molar refractivity (Wildman–Crippen MR) is 160 cm³/mol. The normalized spacial score (nSPS) is 21.8. The molecule has 0 N–H and O–H groups in total. The van der Waals surface area contributed by atoms with E-state index in [4.69, 9.17) is 0 Å². The van der Waals surface area contributed by atoms with Gasteiger partial charge in [0.1, 0.15) is 0 Å². The molecule has 0 fully saturated rings. The van der Waals surface area contributed by atoms with Gasteiger partial charge in [0, 0.05) is 27.6 Å². The second-order valence-electron chi connectivity index (χ2n) is 14.9. The summed E-state index contributed by atoms with van der Waals surface area (Å²) in [4.78, 5) is 0. The van der Waals surface area contributed by atoms with Gasteiger partial charge in [0.25, 0.3) is 0 Å². The number of rotatable bonds is 0. The Labute approximate surface area is 227 Å². The molecule has 38 heavy (non-hydrogen) atoms. The lowest BCUT2D eigenvalue weighted by Crippen LogP contribution is -2.71. The molecule has 186 valence electrons. The van der Waals surface area contributed by atoms with E-state index in [1.165, 1.54) is 22.3 Å². The molecule has 0 saturated heterocycles. The van der Waals surface area contributed by atoms with Crippen LogP contribution in [-0.2, 0) is 21.7 Å². The molecule has 0 atom stereocenters.